The predicted molar refractivity (Wildman–Crippen MR) is 110 cm³/mol. The monoisotopic (exact) mass is 384 g/mol. The zero-order chi connectivity index (χ0) is 20.5. The van der Waals surface area contributed by atoms with Gasteiger partial charge in [0.25, 0.3) is 5.91 Å². The highest BCUT2D eigenvalue weighted by atomic mass is 16.5. The van der Waals surface area contributed by atoms with Crippen molar-refractivity contribution >= 4 is 17.5 Å². The normalized spacial score (nSPS) is 10.3. The van der Waals surface area contributed by atoms with E-state index in [1.807, 2.05) is 38.1 Å². The molecule has 0 saturated heterocycles. The van der Waals surface area contributed by atoms with Crippen molar-refractivity contribution in [3.63, 3.8) is 0 Å². The molecule has 6 heteroatoms. The fourth-order valence-corrected chi connectivity index (χ4v) is 2.70. The lowest BCUT2D eigenvalue weighted by molar-refractivity contribution is -0.128. The standard InChI is InChI=1S/C22H28N2O4/c1-5-27-18-11-12-19(20(15-18)28-6-2)22(26)23-17-9-7-8-16(14-17)10-13-21(25)24(3)4/h7-9,11-12,14-15H,5-6,10,13H2,1-4H3,(H,23,26). The molecule has 0 aliphatic heterocycles. The molecule has 0 aromatic heterocycles. The number of hydrogen-bond acceptors (Lipinski definition) is 4. The molecule has 2 aromatic carbocycles. The SMILES string of the molecule is CCOc1ccc(C(=O)Nc2cccc(CCC(=O)N(C)C)c2)c(OCC)c1. The molecule has 2 rings (SSSR count). The van der Waals surface area contributed by atoms with Gasteiger partial charge in [-0.1, -0.05) is 12.1 Å². The fourth-order valence-electron chi connectivity index (χ4n) is 2.70. The highest BCUT2D eigenvalue weighted by Crippen LogP contribution is 2.26. The number of amides is 2. The Kier molecular flexibility index (Phi) is 7.87. The lowest BCUT2D eigenvalue weighted by Gasteiger charge is -2.13. The van der Waals surface area contributed by atoms with Crippen molar-refractivity contribution < 1.29 is 19.1 Å². The van der Waals surface area contributed by atoms with E-state index in [2.05, 4.69) is 5.32 Å². The predicted octanol–water partition coefficient (Wildman–Crippen LogP) is 3.76. The first-order valence-corrected chi connectivity index (χ1v) is 9.44. The van der Waals surface area contributed by atoms with Crippen LogP contribution in [0, 0.1) is 0 Å². The second-order valence-corrected chi connectivity index (χ2v) is 6.47. The third-order valence-corrected chi connectivity index (χ3v) is 4.12. The molecule has 0 bridgehead atoms. The van der Waals surface area contributed by atoms with Crippen molar-refractivity contribution in [2.75, 3.05) is 32.6 Å². The molecule has 0 heterocycles. The Labute approximate surface area is 166 Å². The van der Waals surface area contributed by atoms with Gasteiger partial charge in [0.05, 0.1) is 18.8 Å². The molecular weight excluding hydrogens is 356 g/mol. The van der Waals surface area contributed by atoms with Crippen LogP contribution in [0.15, 0.2) is 42.5 Å². The minimum absolute atomic E-state index is 0.0742. The summed E-state index contributed by atoms with van der Waals surface area (Å²) in [5, 5.41) is 2.90. The molecule has 0 aliphatic carbocycles. The number of nitrogens with zero attached hydrogens (tertiary/aromatic N) is 1. The first-order valence-electron chi connectivity index (χ1n) is 9.44. The Morgan fingerprint density at radius 2 is 1.75 bits per heavy atom. The van der Waals surface area contributed by atoms with Gasteiger partial charge in [0.15, 0.2) is 0 Å². The summed E-state index contributed by atoms with van der Waals surface area (Å²) in [6, 6.07) is 12.7. The van der Waals surface area contributed by atoms with E-state index in [9.17, 15) is 9.59 Å². The average molecular weight is 384 g/mol. The molecule has 28 heavy (non-hydrogen) atoms. The summed E-state index contributed by atoms with van der Waals surface area (Å²) in [4.78, 5) is 26.1. The summed E-state index contributed by atoms with van der Waals surface area (Å²) in [6.45, 7) is 4.76. The summed E-state index contributed by atoms with van der Waals surface area (Å²) in [6.07, 6.45) is 1.05. The van der Waals surface area contributed by atoms with Crippen LogP contribution in [0.5, 0.6) is 11.5 Å². The van der Waals surface area contributed by atoms with Gasteiger partial charge < -0.3 is 19.7 Å². The molecule has 0 radical (unpaired) electrons. The zero-order valence-corrected chi connectivity index (χ0v) is 17.0. The highest BCUT2D eigenvalue weighted by molar-refractivity contribution is 6.06. The van der Waals surface area contributed by atoms with Crippen LogP contribution in [0.3, 0.4) is 0 Å². The van der Waals surface area contributed by atoms with E-state index in [4.69, 9.17) is 9.47 Å². The number of benzene rings is 2. The molecule has 0 saturated carbocycles. The summed E-state index contributed by atoms with van der Waals surface area (Å²) >= 11 is 0. The number of nitrogens with one attached hydrogen (secondary N) is 1. The van der Waals surface area contributed by atoms with Gasteiger partial charge in [0.2, 0.25) is 5.91 Å². The molecule has 0 atom stereocenters. The smallest absolute Gasteiger partial charge is 0.259 e. The molecule has 2 aromatic rings. The number of hydrogen-bond donors (Lipinski definition) is 1. The van der Waals surface area contributed by atoms with Gasteiger partial charge in [0.1, 0.15) is 11.5 Å². The van der Waals surface area contributed by atoms with Crippen molar-refractivity contribution in [2.45, 2.75) is 26.7 Å². The summed E-state index contributed by atoms with van der Waals surface area (Å²) < 4.78 is 11.1. The van der Waals surface area contributed by atoms with Gasteiger partial charge in [0, 0.05) is 32.3 Å². The minimum Gasteiger partial charge on any atom is -0.494 e. The maximum Gasteiger partial charge on any atom is 0.259 e. The van der Waals surface area contributed by atoms with Gasteiger partial charge in [-0.15, -0.1) is 0 Å². The van der Waals surface area contributed by atoms with Crippen LogP contribution < -0.4 is 14.8 Å². The van der Waals surface area contributed by atoms with Crippen LogP contribution >= 0.6 is 0 Å². The molecule has 1 N–H and O–H groups in total. The molecular formula is C22H28N2O4. The largest absolute Gasteiger partial charge is 0.494 e. The maximum absolute atomic E-state index is 12.8. The first kappa shape index (κ1) is 21.3. The Bertz CT molecular complexity index is 818. The van der Waals surface area contributed by atoms with Crippen molar-refractivity contribution in [1.29, 1.82) is 0 Å². The number of aryl methyl sites for hydroxylation is 1. The average Bonchev–Trinajstić information content (AvgIpc) is 2.67. The van der Waals surface area contributed by atoms with Gasteiger partial charge in [-0.05, 0) is 50.1 Å². The number of carbonyl (C=O) groups excluding carboxylic acids is 2. The quantitative estimate of drug-likeness (QED) is 0.715. The molecule has 6 nitrogen and oxygen atoms in total. The van der Waals surface area contributed by atoms with Crippen LogP contribution in [0.25, 0.3) is 0 Å². The summed E-state index contributed by atoms with van der Waals surface area (Å²) in [5.74, 6) is 0.965. The van der Waals surface area contributed by atoms with E-state index in [1.54, 1.807) is 37.2 Å². The van der Waals surface area contributed by atoms with E-state index >= 15 is 0 Å². The molecule has 0 spiro atoms. The van der Waals surface area contributed by atoms with Crippen LogP contribution in [0.1, 0.15) is 36.2 Å². The lowest BCUT2D eigenvalue weighted by Crippen LogP contribution is -2.21. The fraction of sp³-hybridized carbons (Fsp3) is 0.364. The minimum atomic E-state index is -0.256. The van der Waals surface area contributed by atoms with Crippen molar-refractivity contribution in [1.82, 2.24) is 4.90 Å². The third-order valence-electron chi connectivity index (χ3n) is 4.12. The molecule has 2 amide bonds. The van der Waals surface area contributed by atoms with Crippen LogP contribution in [0.4, 0.5) is 5.69 Å². The Morgan fingerprint density at radius 1 is 1.00 bits per heavy atom. The van der Waals surface area contributed by atoms with Gasteiger partial charge in [-0.2, -0.15) is 0 Å². The second kappa shape index (κ2) is 10.3. The molecule has 0 fully saturated rings. The zero-order valence-electron chi connectivity index (χ0n) is 17.0. The number of ether oxygens (including phenoxy) is 2. The summed E-state index contributed by atoms with van der Waals surface area (Å²) in [7, 11) is 3.48. The summed E-state index contributed by atoms with van der Waals surface area (Å²) in [5.41, 5.74) is 2.11. The van der Waals surface area contributed by atoms with Crippen molar-refractivity contribution in [3.05, 3.63) is 53.6 Å². The Hall–Kier alpha value is -3.02. The van der Waals surface area contributed by atoms with E-state index in [-0.39, 0.29) is 11.8 Å². The van der Waals surface area contributed by atoms with Crippen molar-refractivity contribution in [3.8, 4) is 11.5 Å². The number of rotatable bonds is 9. The number of carbonyl (C=O) groups is 2. The van der Waals surface area contributed by atoms with Crippen LogP contribution in [0.2, 0.25) is 0 Å². The van der Waals surface area contributed by atoms with Gasteiger partial charge >= 0.3 is 0 Å². The molecule has 150 valence electrons. The molecule has 0 aliphatic rings. The van der Waals surface area contributed by atoms with E-state index < -0.39 is 0 Å². The van der Waals surface area contributed by atoms with Gasteiger partial charge in [-0.25, -0.2) is 0 Å². The van der Waals surface area contributed by atoms with E-state index in [0.29, 0.717) is 48.8 Å². The highest BCUT2D eigenvalue weighted by Gasteiger charge is 2.14. The van der Waals surface area contributed by atoms with E-state index in [1.165, 1.54) is 0 Å². The Morgan fingerprint density at radius 3 is 2.43 bits per heavy atom. The first-order chi connectivity index (χ1) is 13.4. The van der Waals surface area contributed by atoms with Crippen LogP contribution in [-0.4, -0.2) is 44.0 Å². The van der Waals surface area contributed by atoms with Crippen molar-refractivity contribution in [2.24, 2.45) is 0 Å². The topological polar surface area (TPSA) is 67.9 Å². The van der Waals surface area contributed by atoms with E-state index in [0.717, 1.165) is 5.56 Å². The molecule has 0 unspecified atom stereocenters. The Balaban J connectivity index is 2.12. The number of anilines is 1. The van der Waals surface area contributed by atoms with Gasteiger partial charge in [-0.3, -0.25) is 9.59 Å². The third kappa shape index (κ3) is 6.01. The second-order valence-electron chi connectivity index (χ2n) is 6.47. The maximum atomic E-state index is 12.8. The lowest BCUT2D eigenvalue weighted by atomic mass is 10.1. The van der Waals surface area contributed by atoms with Crippen LogP contribution in [-0.2, 0) is 11.2 Å².